The van der Waals surface area contributed by atoms with Gasteiger partial charge < -0.3 is 25.7 Å². The highest BCUT2D eigenvalue weighted by atomic mass is 16.4. The number of aliphatic hydroxyl groups is 3. The van der Waals surface area contributed by atoms with E-state index in [1.165, 1.54) is 0 Å². The Morgan fingerprint density at radius 2 is 1.91 bits per heavy atom. The zero-order valence-corrected chi connectivity index (χ0v) is 5.77. The molecule has 66 valence electrons. The van der Waals surface area contributed by atoms with Gasteiger partial charge in [0.25, 0.3) is 0 Å². The maximum Gasteiger partial charge on any atom is 0.405 e. The highest BCUT2D eigenvalue weighted by molar-refractivity contribution is 5.64. The first-order chi connectivity index (χ1) is 5.11. The molecule has 0 aromatic heterocycles. The Balaban J connectivity index is 3.84. The number of carbonyl (C=O) groups is 1. The third-order valence-electron chi connectivity index (χ3n) is 1.16. The predicted octanol–water partition coefficient (Wildman–Crippen LogP) is -2.03. The normalized spacial score (nSPS) is 15.5. The van der Waals surface area contributed by atoms with Gasteiger partial charge in [0.1, 0.15) is 0 Å². The van der Waals surface area contributed by atoms with E-state index < -0.39 is 31.5 Å². The summed E-state index contributed by atoms with van der Waals surface area (Å²) in [7, 11) is 0. The van der Waals surface area contributed by atoms with Gasteiger partial charge >= 0.3 is 6.09 Å². The number of rotatable bonds is 4. The Kier molecular flexibility index (Phi) is 4.51. The number of aliphatic hydroxyl groups excluding tert-OH is 3. The fourth-order valence-electron chi connectivity index (χ4n) is 0.549. The topological polar surface area (TPSA) is 110 Å². The molecule has 5 N–H and O–H groups in total. The quantitative estimate of drug-likeness (QED) is 0.330. The molecule has 6 nitrogen and oxygen atoms in total. The molecule has 1 amide bonds. The first kappa shape index (κ1) is 10.2. The van der Waals surface area contributed by atoms with Gasteiger partial charge in [0.2, 0.25) is 0 Å². The molecule has 0 rings (SSSR count). The minimum absolute atomic E-state index is 0.548. The van der Waals surface area contributed by atoms with Crippen molar-refractivity contribution < 1.29 is 25.2 Å². The maximum atomic E-state index is 9.97. The van der Waals surface area contributed by atoms with Crippen LogP contribution in [0.5, 0.6) is 0 Å². The van der Waals surface area contributed by atoms with Crippen molar-refractivity contribution >= 4 is 6.09 Å². The van der Waals surface area contributed by atoms with Gasteiger partial charge in [0, 0.05) is 0 Å². The van der Waals surface area contributed by atoms with Crippen molar-refractivity contribution in [1.29, 1.82) is 0 Å². The largest absolute Gasteiger partial charge is 0.465 e. The monoisotopic (exact) mass is 165 g/mol. The molecule has 6 heteroatoms. The van der Waals surface area contributed by atoms with E-state index in [0.717, 1.165) is 0 Å². The summed E-state index contributed by atoms with van der Waals surface area (Å²) in [6.07, 6.45) is -2.62. The van der Waals surface area contributed by atoms with Crippen LogP contribution in [0, 0.1) is 0 Å². The zero-order chi connectivity index (χ0) is 8.85. The van der Waals surface area contributed by atoms with E-state index in [2.05, 4.69) is 0 Å². The van der Waals surface area contributed by atoms with E-state index in [1.807, 2.05) is 5.32 Å². The molecule has 0 spiro atoms. The lowest BCUT2D eigenvalue weighted by Crippen LogP contribution is -2.46. The molecule has 11 heavy (non-hydrogen) atoms. The third kappa shape index (κ3) is 3.76. The first-order valence-corrected chi connectivity index (χ1v) is 3.01. The summed E-state index contributed by atoms with van der Waals surface area (Å²) >= 11 is 0. The van der Waals surface area contributed by atoms with Gasteiger partial charge in [-0.2, -0.15) is 0 Å². The summed E-state index contributed by atoms with van der Waals surface area (Å²) in [6.45, 7) is -1.14. The second kappa shape index (κ2) is 4.89. The van der Waals surface area contributed by atoms with E-state index in [4.69, 9.17) is 20.4 Å². The maximum absolute atomic E-state index is 9.97. The van der Waals surface area contributed by atoms with Gasteiger partial charge in [0.15, 0.2) is 0 Å². The van der Waals surface area contributed by atoms with Crippen LogP contribution >= 0.6 is 0 Å². The predicted molar refractivity (Wildman–Crippen MR) is 35.1 cm³/mol. The second-order valence-corrected chi connectivity index (χ2v) is 1.99. The van der Waals surface area contributed by atoms with Crippen LogP contribution < -0.4 is 5.32 Å². The molecule has 0 heterocycles. The molecule has 0 aromatic carbocycles. The minimum atomic E-state index is -1.35. The van der Waals surface area contributed by atoms with Crippen LogP contribution in [0.15, 0.2) is 0 Å². The van der Waals surface area contributed by atoms with Gasteiger partial charge in [-0.15, -0.1) is 0 Å². The molecule has 0 fully saturated rings. The van der Waals surface area contributed by atoms with Crippen LogP contribution in [0.1, 0.15) is 0 Å². The molecule has 2 unspecified atom stereocenters. The standard InChI is InChI=1S/C5H11NO5/c7-1-3(4(9)2-8)6-5(10)11/h3-4,6-9H,1-2H2,(H,10,11). The van der Waals surface area contributed by atoms with E-state index in [9.17, 15) is 4.79 Å². The molecular weight excluding hydrogens is 154 g/mol. The average Bonchev–Trinajstić information content (AvgIpc) is 1.98. The summed E-state index contributed by atoms with van der Waals surface area (Å²) in [6, 6.07) is -1.03. The number of hydrogen-bond acceptors (Lipinski definition) is 4. The van der Waals surface area contributed by atoms with Gasteiger partial charge in [0.05, 0.1) is 25.4 Å². The average molecular weight is 165 g/mol. The van der Waals surface area contributed by atoms with Crippen molar-refractivity contribution in [3.8, 4) is 0 Å². The van der Waals surface area contributed by atoms with Crippen molar-refractivity contribution in [3.63, 3.8) is 0 Å². The fraction of sp³-hybridized carbons (Fsp3) is 0.800. The Hall–Kier alpha value is -0.850. The molecule has 0 aliphatic carbocycles. The Labute approximate surface area is 63.1 Å². The Morgan fingerprint density at radius 1 is 1.36 bits per heavy atom. The fourth-order valence-corrected chi connectivity index (χ4v) is 0.549. The Morgan fingerprint density at radius 3 is 2.18 bits per heavy atom. The number of amides is 1. The number of carboxylic acid groups (broad SMARTS) is 1. The zero-order valence-electron chi connectivity index (χ0n) is 5.77. The summed E-state index contributed by atoms with van der Waals surface area (Å²) in [5, 5.41) is 35.6. The van der Waals surface area contributed by atoms with Gasteiger partial charge in [-0.1, -0.05) is 0 Å². The van der Waals surface area contributed by atoms with Crippen LogP contribution in [0.2, 0.25) is 0 Å². The number of hydrogen-bond donors (Lipinski definition) is 5. The summed E-state index contributed by atoms with van der Waals surface area (Å²) in [5.41, 5.74) is 0. The van der Waals surface area contributed by atoms with E-state index in [0.29, 0.717) is 0 Å². The van der Waals surface area contributed by atoms with Crippen LogP contribution in [-0.2, 0) is 0 Å². The van der Waals surface area contributed by atoms with Crippen LogP contribution in [0.25, 0.3) is 0 Å². The smallest absolute Gasteiger partial charge is 0.405 e. The van der Waals surface area contributed by atoms with Gasteiger partial charge in [-0.05, 0) is 0 Å². The molecule has 0 saturated carbocycles. The molecule has 0 aliphatic heterocycles. The SMILES string of the molecule is O=C(O)NC(CO)C(O)CO. The summed E-state index contributed by atoms with van der Waals surface area (Å²) in [4.78, 5) is 9.97. The molecule has 2 atom stereocenters. The third-order valence-corrected chi connectivity index (χ3v) is 1.16. The van der Waals surface area contributed by atoms with Crippen molar-refractivity contribution in [2.24, 2.45) is 0 Å². The van der Waals surface area contributed by atoms with Crippen molar-refractivity contribution in [2.45, 2.75) is 12.1 Å². The number of nitrogens with one attached hydrogen (secondary N) is 1. The van der Waals surface area contributed by atoms with Crippen molar-refractivity contribution in [3.05, 3.63) is 0 Å². The summed E-state index contributed by atoms with van der Waals surface area (Å²) in [5.74, 6) is 0. The van der Waals surface area contributed by atoms with Crippen LogP contribution in [0.3, 0.4) is 0 Å². The second-order valence-electron chi connectivity index (χ2n) is 1.99. The molecule has 0 saturated heterocycles. The van der Waals surface area contributed by atoms with Gasteiger partial charge in [-0.3, -0.25) is 0 Å². The van der Waals surface area contributed by atoms with Crippen LogP contribution in [-0.4, -0.2) is 51.9 Å². The van der Waals surface area contributed by atoms with E-state index >= 15 is 0 Å². The lowest BCUT2D eigenvalue weighted by molar-refractivity contribution is 0.0419. The summed E-state index contributed by atoms with van der Waals surface area (Å²) < 4.78 is 0. The lowest BCUT2D eigenvalue weighted by atomic mass is 10.2. The molecule has 0 aromatic rings. The first-order valence-electron chi connectivity index (χ1n) is 3.01. The van der Waals surface area contributed by atoms with Crippen molar-refractivity contribution in [2.75, 3.05) is 13.2 Å². The molecule has 0 radical (unpaired) electrons. The highest BCUT2D eigenvalue weighted by Crippen LogP contribution is 1.90. The van der Waals surface area contributed by atoms with E-state index in [-0.39, 0.29) is 0 Å². The minimum Gasteiger partial charge on any atom is -0.465 e. The van der Waals surface area contributed by atoms with Gasteiger partial charge in [-0.25, -0.2) is 4.79 Å². The molecule has 0 bridgehead atoms. The molecule has 0 aliphatic rings. The lowest BCUT2D eigenvalue weighted by Gasteiger charge is -2.18. The van der Waals surface area contributed by atoms with Crippen molar-refractivity contribution in [1.82, 2.24) is 5.32 Å². The van der Waals surface area contributed by atoms with E-state index in [1.54, 1.807) is 0 Å². The van der Waals surface area contributed by atoms with Crippen LogP contribution in [0.4, 0.5) is 4.79 Å². The Bertz CT molecular complexity index is 128. The molecular formula is C5H11NO5. The highest BCUT2D eigenvalue weighted by Gasteiger charge is 2.18.